The quantitative estimate of drug-likeness (QED) is 0.881. The highest BCUT2D eigenvalue weighted by molar-refractivity contribution is 5.72. The molecule has 1 aliphatic rings. The fraction of sp³-hybridized carbons (Fsp3) is 0.615. The second-order valence-electron chi connectivity index (χ2n) is 5.18. The van der Waals surface area contributed by atoms with Crippen LogP contribution in [0.1, 0.15) is 25.7 Å². The third kappa shape index (κ3) is 2.40. The third-order valence-corrected chi connectivity index (χ3v) is 3.85. The van der Waals surface area contributed by atoms with Crippen LogP contribution in [0.15, 0.2) is 17.3 Å². The van der Waals surface area contributed by atoms with E-state index in [1.807, 2.05) is 0 Å². The highest BCUT2D eigenvalue weighted by atomic mass is 16.1. The molecule has 0 spiro atoms. The molecule has 3 rings (SSSR count). The van der Waals surface area contributed by atoms with Crippen LogP contribution in [-0.2, 0) is 13.6 Å². The zero-order chi connectivity index (χ0) is 13.2. The molecule has 1 fully saturated rings. The molecular weight excluding hydrogens is 242 g/mol. The van der Waals surface area contributed by atoms with Crippen LogP contribution >= 0.6 is 0 Å². The van der Waals surface area contributed by atoms with E-state index < -0.39 is 0 Å². The van der Waals surface area contributed by atoms with E-state index in [4.69, 9.17) is 0 Å². The highest BCUT2D eigenvalue weighted by Crippen LogP contribution is 2.11. The SMILES string of the molecule is Cn1ncc2c(=O)n(CCC3CCCCN3)cnc21. The summed E-state index contributed by atoms with van der Waals surface area (Å²) in [6, 6.07) is 0.533. The van der Waals surface area contributed by atoms with Crippen molar-refractivity contribution in [3.05, 3.63) is 22.9 Å². The molecule has 102 valence electrons. The number of nitrogens with one attached hydrogen (secondary N) is 1. The van der Waals surface area contributed by atoms with Crippen molar-refractivity contribution < 1.29 is 0 Å². The van der Waals surface area contributed by atoms with Crippen molar-refractivity contribution in [2.24, 2.45) is 7.05 Å². The Morgan fingerprint density at radius 3 is 3.16 bits per heavy atom. The van der Waals surface area contributed by atoms with Crippen molar-refractivity contribution in [3.63, 3.8) is 0 Å². The molecule has 2 aromatic rings. The molecule has 0 bridgehead atoms. The van der Waals surface area contributed by atoms with Crippen LogP contribution in [0.5, 0.6) is 0 Å². The van der Waals surface area contributed by atoms with Crippen molar-refractivity contribution in [1.82, 2.24) is 24.6 Å². The van der Waals surface area contributed by atoms with Gasteiger partial charge in [-0.15, -0.1) is 0 Å². The van der Waals surface area contributed by atoms with Gasteiger partial charge in [-0.25, -0.2) is 4.98 Å². The predicted octanol–water partition coefficient (Wildman–Crippen LogP) is 0.662. The van der Waals surface area contributed by atoms with Crippen LogP contribution in [0.2, 0.25) is 0 Å². The molecule has 0 aliphatic carbocycles. The summed E-state index contributed by atoms with van der Waals surface area (Å²) in [4.78, 5) is 16.6. The molecule has 19 heavy (non-hydrogen) atoms. The molecule has 6 nitrogen and oxygen atoms in total. The standard InChI is InChI=1S/C13H19N5O/c1-17-12-11(8-16-17)13(19)18(9-15-12)7-5-10-4-2-3-6-14-10/h8-10,14H,2-7H2,1H3. The summed E-state index contributed by atoms with van der Waals surface area (Å²) in [6.45, 7) is 1.81. The highest BCUT2D eigenvalue weighted by Gasteiger charge is 2.13. The van der Waals surface area contributed by atoms with E-state index >= 15 is 0 Å². The number of aromatic nitrogens is 4. The van der Waals surface area contributed by atoms with Gasteiger partial charge in [-0.05, 0) is 25.8 Å². The van der Waals surface area contributed by atoms with E-state index in [9.17, 15) is 4.79 Å². The lowest BCUT2D eigenvalue weighted by Gasteiger charge is -2.23. The summed E-state index contributed by atoms with van der Waals surface area (Å²) < 4.78 is 3.32. The normalized spacial score (nSPS) is 19.9. The number of piperidine rings is 1. The van der Waals surface area contributed by atoms with Crippen LogP contribution in [0.25, 0.3) is 11.0 Å². The molecule has 1 aliphatic heterocycles. The molecular formula is C13H19N5O. The number of fused-ring (bicyclic) bond motifs is 1. The van der Waals surface area contributed by atoms with Gasteiger partial charge in [-0.1, -0.05) is 6.42 Å². The summed E-state index contributed by atoms with van der Waals surface area (Å²) in [5, 5.41) is 8.17. The number of hydrogen-bond donors (Lipinski definition) is 1. The fourth-order valence-corrected chi connectivity index (χ4v) is 2.69. The van der Waals surface area contributed by atoms with Crippen molar-refractivity contribution in [3.8, 4) is 0 Å². The van der Waals surface area contributed by atoms with E-state index in [0.29, 0.717) is 23.6 Å². The predicted molar refractivity (Wildman–Crippen MR) is 73.0 cm³/mol. The number of nitrogens with zero attached hydrogens (tertiary/aromatic N) is 4. The average Bonchev–Trinajstić information content (AvgIpc) is 2.82. The number of hydrogen-bond acceptors (Lipinski definition) is 4. The smallest absolute Gasteiger partial charge is 0.264 e. The van der Waals surface area contributed by atoms with Crippen LogP contribution in [0.4, 0.5) is 0 Å². The van der Waals surface area contributed by atoms with Gasteiger partial charge in [-0.3, -0.25) is 14.0 Å². The van der Waals surface area contributed by atoms with Crippen LogP contribution in [0, 0.1) is 0 Å². The van der Waals surface area contributed by atoms with Crippen LogP contribution in [0.3, 0.4) is 0 Å². The second kappa shape index (κ2) is 5.13. The maximum atomic E-state index is 12.3. The Morgan fingerprint density at radius 1 is 1.47 bits per heavy atom. The average molecular weight is 261 g/mol. The zero-order valence-electron chi connectivity index (χ0n) is 11.2. The van der Waals surface area contributed by atoms with E-state index in [1.54, 1.807) is 28.8 Å². The van der Waals surface area contributed by atoms with Crippen molar-refractivity contribution in [2.75, 3.05) is 6.54 Å². The molecule has 1 N–H and O–H groups in total. The zero-order valence-corrected chi connectivity index (χ0v) is 11.2. The molecule has 0 amide bonds. The van der Waals surface area contributed by atoms with Crippen molar-refractivity contribution >= 4 is 11.0 Å². The first-order valence-electron chi connectivity index (χ1n) is 6.86. The molecule has 1 saturated heterocycles. The Kier molecular flexibility index (Phi) is 3.33. The maximum absolute atomic E-state index is 12.3. The van der Waals surface area contributed by atoms with E-state index in [-0.39, 0.29) is 5.56 Å². The van der Waals surface area contributed by atoms with Crippen molar-refractivity contribution in [1.29, 1.82) is 0 Å². The summed E-state index contributed by atoms with van der Waals surface area (Å²) in [5.41, 5.74) is 0.658. The Labute approximate surface area is 111 Å². The Morgan fingerprint density at radius 2 is 2.37 bits per heavy atom. The van der Waals surface area contributed by atoms with Gasteiger partial charge in [-0.2, -0.15) is 5.10 Å². The number of rotatable bonds is 3. The minimum atomic E-state index is 0.00825. The molecule has 6 heteroatoms. The third-order valence-electron chi connectivity index (χ3n) is 3.85. The topological polar surface area (TPSA) is 64.7 Å². The second-order valence-corrected chi connectivity index (χ2v) is 5.18. The van der Waals surface area contributed by atoms with Gasteiger partial charge < -0.3 is 5.32 Å². The van der Waals surface area contributed by atoms with E-state index in [0.717, 1.165) is 13.0 Å². The Bertz CT molecular complexity index is 623. The lowest BCUT2D eigenvalue weighted by atomic mass is 10.0. The summed E-state index contributed by atoms with van der Waals surface area (Å²) in [5.74, 6) is 0. The summed E-state index contributed by atoms with van der Waals surface area (Å²) >= 11 is 0. The molecule has 0 aromatic carbocycles. The first-order valence-corrected chi connectivity index (χ1v) is 6.86. The number of aryl methyl sites for hydroxylation is 2. The van der Waals surface area contributed by atoms with Gasteiger partial charge in [0.25, 0.3) is 5.56 Å². The Hall–Kier alpha value is -1.69. The molecule has 1 unspecified atom stereocenters. The lowest BCUT2D eigenvalue weighted by molar-refractivity contribution is 0.364. The fourth-order valence-electron chi connectivity index (χ4n) is 2.69. The van der Waals surface area contributed by atoms with Gasteiger partial charge in [0.2, 0.25) is 0 Å². The van der Waals surface area contributed by atoms with Crippen LogP contribution < -0.4 is 10.9 Å². The van der Waals surface area contributed by atoms with Gasteiger partial charge in [0.05, 0.1) is 12.5 Å². The maximum Gasteiger partial charge on any atom is 0.264 e. The molecule has 1 atom stereocenters. The minimum absolute atomic E-state index is 0.00825. The van der Waals surface area contributed by atoms with Gasteiger partial charge in [0, 0.05) is 19.6 Å². The van der Waals surface area contributed by atoms with Gasteiger partial charge >= 0.3 is 0 Å². The monoisotopic (exact) mass is 261 g/mol. The van der Waals surface area contributed by atoms with Crippen LogP contribution in [-0.4, -0.2) is 31.9 Å². The van der Waals surface area contributed by atoms with E-state index in [1.165, 1.54) is 19.3 Å². The summed E-state index contributed by atoms with van der Waals surface area (Å²) in [7, 11) is 1.80. The lowest BCUT2D eigenvalue weighted by Crippen LogP contribution is -2.35. The minimum Gasteiger partial charge on any atom is -0.314 e. The van der Waals surface area contributed by atoms with Crippen molar-refractivity contribution in [2.45, 2.75) is 38.3 Å². The van der Waals surface area contributed by atoms with Gasteiger partial charge in [0.15, 0.2) is 5.65 Å². The van der Waals surface area contributed by atoms with E-state index in [2.05, 4.69) is 15.4 Å². The Balaban J connectivity index is 1.77. The molecule has 0 saturated carbocycles. The largest absolute Gasteiger partial charge is 0.314 e. The molecule has 3 heterocycles. The molecule has 2 aromatic heterocycles. The van der Waals surface area contributed by atoms with Gasteiger partial charge in [0.1, 0.15) is 5.39 Å². The molecule has 0 radical (unpaired) electrons. The summed E-state index contributed by atoms with van der Waals surface area (Å²) in [6.07, 6.45) is 7.96. The first-order chi connectivity index (χ1) is 9.25. The first kappa shape index (κ1) is 12.3.